The Morgan fingerprint density at radius 3 is 2.18 bits per heavy atom. The van der Waals surface area contributed by atoms with E-state index in [2.05, 4.69) is 4.74 Å². The van der Waals surface area contributed by atoms with Crippen molar-refractivity contribution in [3.05, 3.63) is 95.1 Å². The molecule has 3 aromatic rings. The van der Waals surface area contributed by atoms with Crippen LogP contribution in [-0.4, -0.2) is 18.6 Å². The van der Waals surface area contributed by atoms with Crippen molar-refractivity contribution in [2.75, 3.05) is 0 Å². The highest BCUT2D eigenvalue weighted by atomic mass is 19.3. The average Bonchev–Trinajstić information content (AvgIpc) is 2.74. The van der Waals surface area contributed by atoms with Crippen LogP contribution in [0, 0.1) is 11.6 Å². The van der Waals surface area contributed by atoms with Crippen LogP contribution in [0.3, 0.4) is 0 Å². The molecule has 0 amide bonds. The first-order valence-electron chi connectivity index (χ1n) is 10.4. The van der Waals surface area contributed by atoms with Gasteiger partial charge in [0.15, 0.2) is 11.6 Å². The Balaban J connectivity index is 2.16. The van der Waals surface area contributed by atoms with Gasteiger partial charge in [0.1, 0.15) is 11.6 Å². The first kappa shape index (κ1) is 25.4. The first-order chi connectivity index (χ1) is 15.9. The van der Waals surface area contributed by atoms with Crippen LogP contribution in [0.1, 0.15) is 30.5 Å². The fraction of sp³-hybridized carbons (Fsp3) is 0.280. The minimum absolute atomic E-state index is 0.0364. The third-order valence-corrected chi connectivity index (χ3v) is 5.03. The third kappa shape index (κ3) is 5.83. The largest absolute Gasteiger partial charge is 0.488 e. The van der Waals surface area contributed by atoms with Gasteiger partial charge in [-0.3, -0.25) is 0 Å². The van der Waals surface area contributed by atoms with Gasteiger partial charge in [-0.25, -0.2) is 8.78 Å². The van der Waals surface area contributed by atoms with Crippen molar-refractivity contribution in [2.24, 2.45) is 5.73 Å². The van der Waals surface area contributed by atoms with Gasteiger partial charge in [0.2, 0.25) is 0 Å². The Bertz CT molecular complexity index is 1120. The average molecular weight is 483 g/mol. The van der Waals surface area contributed by atoms with E-state index in [1.807, 2.05) is 0 Å². The smallest absolute Gasteiger partial charge is 0.461 e. The molecule has 0 heterocycles. The van der Waals surface area contributed by atoms with Crippen LogP contribution in [0.25, 0.3) is 0 Å². The van der Waals surface area contributed by atoms with Crippen molar-refractivity contribution >= 4 is 0 Å². The molecule has 2 N–H and O–H groups in total. The Labute approximate surface area is 193 Å². The number of ether oxygens (including phenoxy) is 2. The molecule has 34 heavy (non-hydrogen) atoms. The minimum atomic E-state index is -4.84. The number of alkyl halides is 4. The van der Waals surface area contributed by atoms with Crippen LogP contribution < -0.4 is 15.2 Å². The topological polar surface area (TPSA) is 44.5 Å². The molecule has 0 aliphatic heterocycles. The molecule has 0 aliphatic rings. The first-order valence-corrected chi connectivity index (χ1v) is 10.4. The van der Waals surface area contributed by atoms with Gasteiger partial charge < -0.3 is 15.2 Å². The Hall–Kier alpha value is -3.20. The molecular weight excluding hydrogens is 460 g/mol. The van der Waals surface area contributed by atoms with E-state index in [4.69, 9.17) is 10.5 Å². The van der Waals surface area contributed by atoms with E-state index in [1.165, 1.54) is 12.1 Å². The van der Waals surface area contributed by atoms with Gasteiger partial charge in [-0.15, -0.1) is 0 Å². The molecule has 0 fully saturated rings. The molecule has 0 saturated heterocycles. The summed E-state index contributed by atoms with van der Waals surface area (Å²) in [4.78, 5) is 0. The summed E-state index contributed by atoms with van der Waals surface area (Å²) in [5.41, 5.74) is 6.09. The van der Waals surface area contributed by atoms with Gasteiger partial charge >= 0.3 is 12.5 Å². The molecular formula is C25H23F6NO2. The molecule has 0 bridgehead atoms. The van der Waals surface area contributed by atoms with Gasteiger partial charge in [-0.1, -0.05) is 36.4 Å². The quantitative estimate of drug-likeness (QED) is 0.357. The maximum Gasteiger partial charge on any atom is 0.461 e. The minimum Gasteiger partial charge on any atom is -0.488 e. The summed E-state index contributed by atoms with van der Waals surface area (Å²) in [5.74, 6) is -2.61. The Morgan fingerprint density at radius 2 is 1.56 bits per heavy atom. The molecule has 1 atom stereocenters. The molecule has 3 aromatic carbocycles. The van der Waals surface area contributed by atoms with Crippen molar-refractivity contribution in [3.63, 3.8) is 0 Å². The van der Waals surface area contributed by atoms with E-state index in [-0.39, 0.29) is 29.4 Å². The number of nitrogens with two attached hydrogens (primary N) is 1. The molecule has 0 aromatic heterocycles. The highest BCUT2D eigenvalue weighted by molar-refractivity contribution is 5.46. The second-order valence-electron chi connectivity index (χ2n) is 8.09. The summed E-state index contributed by atoms with van der Waals surface area (Å²) in [7, 11) is 0. The lowest BCUT2D eigenvalue weighted by molar-refractivity contribution is -0.253. The van der Waals surface area contributed by atoms with Crippen LogP contribution in [-0.2, 0) is 12.0 Å². The summed E-state index contributed by atoms with van der Waals surface area (Å²) >= 11 is 0. The van der Waals surface area contributed by atoms with E-state index in [0.29, 0.717) is 11.6 Å². The summed E-state index contributed by atoms with van der Waals surface area (Å²) in [5, 5.41) is 0. The molecule has 3 nitrogen and oxygen atoms in total. The van der Waals surface area contributed by atoms with Crippen molar-refractivity contribution in [2.45, 2.75) is 44.4 Å². The summed E-state index contributed by atoms with van der Waals surface area (Å²) < 4.78 is 90.6. The molecule has 3 rings (SSSR count). The maximum atomic E-state index is 14.5. The molecule has 0 radical (unpaired) electrons. The number of halogens is 6. The number of hydrogen-bond acceptors (Lipinski definition) is 3. The van der Waals surface area contributed by atoms with E-state index in [0.717, 1.165) is 18.2 Å². The fourth-order valence-corrected chi connectivity index (χ4v) is 3.49. The second kappa shape index (κ2) is 9.97. The zero-order valence-electron chi connectivity index (χ0n) is 18.4. The van der Waals surface area contributed by atoms with E-state index in [1.54, 1.807) is 44.2 Å². The SMILES string of the molecule is CC(C)Oc1cc([C@](N)(Cc2ccccc2)c2cc(F)cc(OC(F)(F)C(F)F)c2)ccc1F. The van der Waals surface area contributed by atoms with Crippen LogP contribution in [0.15, 0.2) is 66.7 Å². The third-order valence-electron chi connectivity index (χ3n) is 5.03. The monoisotopic (exact) mass is 483 g/mol. The lowest BCUT2D eigenvalue weighted by Crippen LogP contribution is -2.41. The van der Waals surface area contributed by atoms with Crippen LogP contribution in [0.4, 0.5) is 26.3 Å². The highest BCUT2D eigenvalue weighted by Crippen LogP contribution is 2.37. The number of benzene rings is 3. The predicted octanol–water partition coefficient (Wildman–Crippen LogP) is 6.43. The zero-order valence-corrected chi connectivity index (χ0v) is 18.4. The van der Waals surface area contributed by atoms with E-state index >= 15 is 0 Å². The van der Waals surface area contributed by atoms with Gasteiger partial charge in [-0.2, -0.15) is 17.6 Å². The van der Waals surface area contributed by atoms with Crippen molar-refractivity contribution in [3.8, 4) is 11.5 Å². The Kier molecular flexibility index (Phi) is 7.45. The fourth-order valence-electron chi connectivity index (χ4n) is 3.49. The van der Waals surface area contributed by atoms with Crippen molar-refractivity contribution in [1.29, 1.82) is 0 Å². The normalized spacial score (nSPS) is 13.7. The number of hydrogen-bond donors (Lipinski definition) is 1. The molecule has 182 valence electrons. The van der Waals surface area contributed by atoms with Gasteiger partial charge in [-0.05, 0) is 61.2 Å². The standard InChI is InChI=1S/C25H23F6NO2/c1-15(2)33-22-12-17(8-9-21(22)27)24(32,14-16-6-4-3-5-7-16)18-10-19(26)13-20(11-18)34-25(30,31)23(28)29/h3-13,15,23H,14,32H2,1-2H3/t24-/m1/s1. The van der Waals surface area contributed by atoms with Gasteiger partial charge in [0.25, 0.3) is 0 Å². The van der Waals surface area contributed by atoms with E-state index < -0.39 is 35.5 Å². The zero-order chi connectivity index (χ0) is 25.1. The molecule has 9 heteroatoms. The summed E-state index contributed by atoms with van der Waals surface area (Å²) in [6.07, 6.45) is -9.29. The van der Waals surface area contributed by atoms with Crippen LogP contribution >= 0.6 is 0 Å². The summed E-state index contributed by atoms with van der Waals surface area (Å²) in [6, 6.07) is 15.1. The molecule has 0 spiro atoms. The lowest BCUT2D eigenvalue weighted by atomic mass is 9.78. The molecule has 0 aliphatic carbocycles. The molecule has 0 unspecified atom stereocenters. The number of rotatable bonds is 9. The summed E-state index contributed by atoms with van der Waals surface area (Å²) in [6.45, 7) is 3.40. The molecule has 0 saturated carbocycles. The van der Waals surface area contributed by atoms with Crippen LogP contribution in [0.2, 0.25) is 0 Å². The predicted molar refractivity (Wildman–Crippen MR) is 115 cm³/mol. The van der Waals surface area contributed by atoms with Crippen molar-refractivity contribution in [1.82, 2.24) is 0 Å². The van der Waals surface area contributed by atoms with Crippen LogP contribution in [0.5, 0.6) is 11.5 Å². The van der Waals surface area contributed by atoms with Gasteiger partial charge in [0, 0.05) is 6.07 Å². The lowest BCUT2D eigenvalue weighted by Gasteiger charge is -2.32. The van der Waals surface area contributed by atoms with E-state index in [9.17, 15) is 26.3 Å². The van der Waals surface area contributed by atoms with Gasteiger partial charge in [0.05, 0.1) is 11.6 Å². The second-order valence-corrected chi connectivity index (χ2v) is 8.09. The maximum absolute atomic E-state index is 14.5. The highest BCUT2D eigenvalue weighted by Gasteiger charge is 2.44. The van der Waals surface area contributed by atoms with Crippen molar-refractivity contribution < 1.29 is 35.8 Å². The Morgan fingerprint density at radius 1 is 0.882 bits per heavy atom.